The van der Waals surface area contributed by atoms with Gasteiger partial charge in [-0.25, -0.2) is 4.39 Å². The van der Waals surface area contributed by atoms with Crippen molar-refractivity contribution in [2.45, 2.75) is 65.1 Å². The number of phenolic OH excluding ortho intramolecular Hbond substituents is 1. The minimum atomic E-state index is -2.81. The third kappa shape index (κ3) is 5.02. The Balaban J connectivity index is 1.78. The molecule has 10 nitrogen and oxygen atoms in total. The van der Waals surface area contributed by atoms with E-state index in [2.05, 4.69) is 25.7 Å². The first-order chi connectivity index (χ1) is 18.9. The number of aromatic hydroxyl groups is 1. The Kier molecular flexibility index (Phi) is 8.05. The summed E-state index contributed by atoms with van der Waals surface area (Å²) in [4.78, 5) is 69.7. The van der Waals surface area contributed by atoms with Crippen LogP contribution >= 0.6 is 0 Å². The minimum Gasteiger partial charge on any atom is -0.507 e. The number of nitrogens with two attached hydrogens (primary N) is 1. The van der Waals surface area contributed by atoms with Gasteiger partial charge in [0.05, 0.1) is 17.5 Å². The number of likely N-dealkylation sites (N-methyl/N-ethyl adjacent to an activating group) is 1. The van der Waals surface area contributed by atoms with Gasteiger partial charge in [0.1, 0.15) is 11.6 Å². The largest absolute Gasteiger partial charge is 0.507 e. The molecule has 0 saturated heterocycles. The third-order valence-corrected chi connectivity index (χ3v) is 8.70. The number of hydrogen-bond acceptors (Lipinski definition) is 9. The molecule has 0 spiro atoms. The van der Waals surface area contributed by atoms with Crippen LogP contribution in [0.5, 0.6) is 5.75 Å². The number of primary amides is 1. The van der Waals surface area contributed by atoms with E-state index in [9.17, 15) is 34.2 Å². The molecule has 4 N–H and O–H groups in total. The number of amides is 1. The van der Waals surface area contributed by atoms with Crippen molar-refractivity contribution in [2.24, 2.45) is 34.8 Å². The summed E-state index contributed by atoms with van der Waals surface area (Å²) in [5, 5.41) is 22.6. The van der Waals surface area contributed by atoms with Crippen LogP contribution in [0.15, 0.2) is 6.07 Å². The third-order valence-electron chi connectivity index (χ3n) is 8.70. The lowest BCUT2D eigenvalue weighted by atomic mass is 9.52. The summed E-state index contributed by atoms with van der Waals surface area (Å²) in [5.41, 5.74) is 2.34. The van der Waals surface area contributed by atoms with Gasteiger partial charge < -0.3 is 15.9 Å². The van der Waals surface area contributed by atoms with E-state index >= 15 is 4.39 Å². The summed E-state index contributed by atoms with van der Waals surface area (Å²) < 4.78 is 16.1. The number of Topliss-reactive ketones (excluding diaryl/α,β-unsaturated/α-hetero) is 4. The molecule has 2 unspecified atom stereocenters. The number of nitrogens with zero attached hydrogens (tertiary/aromatic N) is 2. The van der Waals surface area contributed by atoms with E-state index in [1.165, 1.54) is 25.1 Å². The van der Waals surface area contributed by atoms with Crippen molar-refractivity contribution < 1.29 is 38.6 Å². The first-order valence-electron chi connectivity index (χ1n) is 14.1. The summed E-state index contributed by atoms with van der Waals surface area (Å²) in [6.45, 7) is 9.83. The molecule has 2 fully saturated rings. The van der Waals surface area contributed by atoms with Gasteiger partial charge >= 0.3 is 0 Å². The van der Waals surface area contributed by atoms with Gasteiger partial charge in [-0.3, -0.25) is 33.8 Å². The molecule has 0 heterocycles. The quantitative estimate of drug-likeness (QED) is 0.408. The summed E-state index contributed by atoms with van der Waals surface area (Å²) >= 11 is 0. The molecule has 1 aromatic rings. The van der Waals surface area contributed by atoms with Crippen LogP contribution in [0.2, 0.25) is 0 Å². The highest BCUT2D eigenvalue weighted by Crippen LogP contribution is 2.51. The Morgan fingerprint density at radius 2 is 1.80 bits per heavy atom. The SMILES string of the molecule is CCCN(Cc1cc(O)c2c(c1F)C[C@H]1C[C@H]3[C@H](N(C)C)C(=O)C(C(N)=O)C(=O)[C@@]3(O)C(=O)C1C2=O)CC(C)(C)C. The molecule has 224 valence electrons. The number of ketones is 4. The number of fused-ring (bicyclic) bond motifs is 3. The van der Waals surface area contributed by atoms with E-state index in [0.29, 0.717) is 13.1 Å². The molecule has 3 aliphatic rings. The van der Waals surface area contributed by atoms with Crippen LogP contribution < -0.4 is 5.73 Å². The molecule has 2 saturated carbocycles. The average molecular weight is 574 g/mol. The summed E-state index contributed by atoms with van der Waals surface area (Å²) in [5.74, 6) is -12.3. The lowest BCUT2D eigenvalue weighted by Crippen LogP contribution is -2.74. The smallest absolute Gasteiger partial charge is 0.235 e. The van der Waals surface area contributed by atoms with E-state index < -0.39 is 75.9 Å². The fourth-order valence-electron chi connectivity index (χ4n) is 7.26. The van der Waals surface area contributed by atoms with Gasteiger partial charge in [-0.2, -0.15) is 0 Å². The highest BCUT2D eigenvalue weighted by Gasteiger charge is 2.69. The summed E-state index contributed by atoms with van der Waals surface area (Å²) in [6, 6.07) is -0.000733. The Labute approximate surface area is 239 Å². The highest BCUT2D eigenvalue weighted by atomic mass is 19.1. The molecule has 4 rings (SSSR count). The standard InChI is InChI=1S/C30H40FN3O7/c1-7-8-34(13-29(2,3)4)12-15-11-18(35)20-16(22(15)31)9-14-10-17-23(33(5)6)25(37)21(28(32)40)27(39)30(17,41)26(38)19(14)24(20)36/h11,14,17,19,21,23,35,41H,7-10,12-13H2,1-6H3,(H2,32,40)/t14-,17-,19?,21?,23-,30-/m0/s1. The predicted octanol–water partition coefficient (Wildman–Crippen LogP) is 1.26. The fraction of sp³-hybridized carbons (Fsp3) is 0.633. The van der Waals surface area contributed by atoms with Crippen LogP contribution in [0.25, 0.3) is 0 Å². The van der Waals surface area contributed by atoms with Crippen LogP contribution in [0.3, 0.4) is 0 Å². The molecule has 0 radical (unpaired) electrons. The number of hydrogen-bond donors (Lipinski definition) is 3. The summed E-state index contributed by atoms with van der Waals surface area (Å²) in [6.07, 6.45) is 0.608. The van der Waals surface area contributed by atoms with Crippen molar-refractivity contribution in [3.8, 4) is 5.75 Å². The highest BCUT2D eigenvalue weighted by molar-refractivity contribution is 6.32. The zero-order valence-corrected chi connectivity index (χ0v) is 24.5. The fourth-order valence-corrected chi connectivity index (χ4v) is 7.26. The molecule has 3 aliphatic carbocycles. The maximum absolute atomic E-state index is 16.1. The molecular weight excluding hydrogens is 533 g/mol. The second-order valence-corrected chi connectivity index (χ2v) is 13.3. The molecule has 1 amide bonds. The lowest BCUT2D eigenvalue weighted by Gasteiger charge is -2.52. The van der Waals surface area contributed by atoms with Crippen LogP contribution in [0.1, 0.15) is 62.0 Å². The number of aliphatic hydroxyl groups is 1. The van der Waals surface area contributed by atoms with Crippen molar-refractivity contribution in [3.63, 3.8) is 0 Å². The van der Waals surface area contributed by atoms with Gasteiger partial charge in [0.2, 0.25) is 5.91 Å². The molecule has 11 heteroatoms. The molecular formula is C30H40FN3O7. The van der Waals surface area contributed by atoms with Crippen LogP contribution in [-0.4, -0.2) is 87.9 Å². The molecule has 41 heavy (non-hydrogen) atoms. The number of carbonyl (C=O) groups is 5. The van der Waals surface area contributed by atoms with E-state index in [1.807, 2.05) is 6.92 Å². The van der Waals surface area contributed by atoms with E-state index in [-0.39, 0.29) is 41.5 Å². The Morgan fingerprint density at radius 1 is 1.17 bits per heavy atom. The first kappa shape index (κ1) is 30.9. The van der Waals surface area contributed by atoms with E-state index in [0.717, 1.165) is 6.42 Å². The normalized spacial score (nSPS) is 30.0. The molecule has 1 aromatic carbocycles. The van der Waals surface area contributed by atoms with Crippen molar-refractivity contribution in [1.29, 1.82) is 0 Å². The van der Waals surface area contributed by atoms with Crippen LogP contribution in [0, 0.1) is 34.9 Å². The Morgan fingerprint density at radius 3 is 2.34 bits per heavy atom. The van der Waals surface area contributed by atoms with Gasteiger partial charge in [0, 0.05) is 30.1 Å². The van der Waals surface area contributed by atoms with Gasteiger partial charge in [0.15, 0.2) is 34.7 Å². The molecule has 6 atom stereocenters. The Hall–Kier alpha value is -3.02. The van der Waals surface area contributed by atoms with Crippen LogP contribution in [0.4, 0.5) is 4.39 Å². The number of rotatable bonds is 7. The van der Waals surface area contributed by atoms with Crippen molar-refractivity contribution in [2.75, 3.05) is 27.2 Å². The lowest BCUT2D eigenvalue weighted by molar-refractivity contribution is -0.181. The van der Waals surface area contributed by atoms with Crippen LogP contribution in [-0.2, 0) is 32.1 Å². The topological polar surface area (TPSA) is 158 Å². The number of phenols is 1. The van der Waals surface area contributed by atoms with Gasteiger partial charge in [-0.05, 0) is 57.3 Å². The monoisotopic (exact) mass is 573 g/mol. The maximum Gasteiger partial charge on any atom is 0.235 e. The van der Waals surface area contributed by atoms with Crippen molar-refractivity contribution in [1.82, 2.24) is 9.80 Å². The molecule has 0 bridgehead atoms. The Bertz CT molecular complexity index is 1320. The number of halogens is 1. The van der Waals surface area contributed by atoms with E-state index in [1.54, 1.807) is 0 Å². The summed E-state index contributed by atoms with van der Waals surface area (Å²) in [7, 11) is 3.02. The molecule has 0 aliphatic heterocycles. The minimum absolute atomic E-state index is 0.0124. The predicted molar refractivity (Wildman–Crippen MR) is 146 cm³/mol. The number of carbonyl (C=O) groups excluding carboxylic acids is 5. The number of benzene rings is 1. The zero-order chi connectivity index (χ0) is 30.8. The molecule has 0 aromatic heterocycles. The first-order valence-corrected chi connectivity index (χ1v) is 14.1. The zero-order valence-electron chi connectivity index (χ0n) is 24.5. The second kappa shape index (κ2) is 10.7. The van der Waals surface area contributed by atoms with Gasteiger partial charge in [-0.15, -0.1) is 0 Å². The van der Waals surface area contributed by atoms with Crippen molar-refractivity contribution in [3.05, 3.63) is 28.6 Å². The van der Waals surface area contributed by atoms with Gasteiger partial charge in [-0.1, -0.05) is 27.7 Å². The second-order valence-electron chi connectivity index (χ2n) is 13.3. The van der Waals surface area contributed by atoms with Gasteiger partial charge in [0.25, 0.3) is 0 Å². The van der Waals surface area contributed by atoms with Crippen molar-refractivity contribution >= 4 is 29.0 Å². The maximum atomic E-state index is 16.1. The van der Waals surface area contributed by atoms with E-state index in [4.69, 9.17) is 5.73 Å². The average Bonchev–Trinajstić information content (AvgIpc) is 2.83.